The Balaban J connectivity index is 2.37. The van der Waals surface area contributed by atoms with E-state index in [-0.39, 0.29) is 0 Å². The molecular formula is C21H48N3+3. The van der Waals surface area contributed by atoms with Gasteiger partial charge in [-0.25, -0.2) is 0 Å². The Bertz CT molecular complexity index is 316. The average molecular weight is 343 g/mol. The van der Waals surface area contributed by atoms with Crippen molar-refractivity contribution in [2.75, 3.05) is 81.1 Å². The quantitative estimate of drug-likeness (QED) is 0.442. The second kappa shape index (κ2) is 10.1. The molecule has 1 heterocycles. The van der Waals surface area contributed by atoms with Crippen molar-refractivity contribution in [2.45, 2.75) is 58.3 Å². The minimum absolute atomic E-state index is 1.19. The van der Waals surface area contributed by atoms with Crippen LogP contribution in [-0.4, -0.2) is 94.5 Å². The highest BCUT2D eigenvalue weighted by molar-refractivity contribution is 4.50. The summed E-state index contributed by atoms with van der Waals surface area (Å²) in [5.74, 6) is 0. The van der Waals surface area contributed by atoms with Gasteiger partial charge in [0.05, 0.1) is 41.8 Å². The smallest absolute Gasteiger partial charge is 0.128 e. The van der Waals surface area contributed by atoms with Crippen LogP contribution >= 0.6 is 0 Å². The van der Waals surface area contributed by atoms with Gasteiger partial charge in [-0.1, -0.05) is 45.4 Å². The van der Waals surface area contributed by atoms with Crippen LogP contribution < -0.4 is 0 Å². The van der Waals surface area contributed by atoms with Gasteiger partial charge < -0.3 is 13.4 Å². The third-order valence-corrected chi connectivity index (χ3v) is 6.35. The van der Waals surface area contributed by atoms with Crippen molar-refractivity contribution in [3.8, 4) is 0 Å². The fraction of sp³-hybridized carbons (Fsp3) is 1.00. The van der Waals surface area contributed by atoms with E-state index < -0.39 is 0 Å². The van der Waals surface area contributed by atoms with Crippen LogP contribution in [0.25, 0.3) is 0 Å². The van der Waals surface area contributed by atoms with Crippen LogP contribution in [0.3, 0.4) is 0 Å². The summed E-state index contributed by atoms with van der Waals surface area (Å²) in [6.07, 6.45) is 11.5. The van der Waals surface area contributed by atoms with Crippen molar-refractivity contribution in [1.82, 2.24) is 0 Å². The summed E-state index contributed by atoms with van der Waals surface area (Å²) in [6.45, 7) is 11.7. The lowest BCUT2D eigenvalue weighted by molar-refractivity contribution is -0.955. The molecule has 0 amide bonds. The topological polar surface area (TPSA) is 0 Å². The van der Waals surface area contributed by atoms with Crippen molar-refractivity contribution in [2.24, 2.45) is 0 Å². The Morgan fingerprint density at radius 2 is 0.875 bits per heavy atom. The van der Waals surface area contributed by atoms with Crippen LogP contribution in [0.1, 0.15) is 58.3 Å². The summed E-state index contributed by atoms with van der Waals surface area (Å²) in [5.41, 5.74) is 0. The maximum absolute atomic E-state index is 2.52. The number of hydrogen-bond donors (Lipinski definition) is 0. The normalized spacial score (nSPS) is 23.2. The fourth-order valence-electron chi connectivity index (χ4n) is 3.75. The summed E-state index contributed by atoms with van der Waals surface area (Å²) in [6, 6.07) is 0. The third-order valence-electron chi connectivity index (χ3n) is 6.35. The van der Waals surface area contributed by atoms with Gasteiger partial charge in [-0.05, 0) is 12.8 Å². The minimum atomic E-state index is 1.19. The fourth-order valence-corrected chi connectivity index (χ4v) is 3.75. The Hall–Kier alpha value is -0.120. The maximum Gasteiger partial charge on any atom is 0.128 e. The van der Waals surface area contributed by atoms with Crippen molar-refractivity contribution < 1.29 is 13.4 Å². The van der Waals surface area contributed by atoms with E-state index in [1.165, 1.54) is 111 Å². The van der Waals surface area contributed by atoms with Crippen LogP contribution in [0.4, 0.5) is 0 Å². The van der Waals surface area contributed by atoms with E-state index in [1.54, 1.807) is 0 Å². The second-order valence-electron chi connectivity index (χ2n) is 10.0. The first kappa shape index (κ1) is 21.9. The Labute approximate surface area is 153 Å². The molecule has 3 nitrogen and oxygen atoms in total. The van der Waals surface area contributed by atoms with E-state index in [9.17, 15) is 0 Å². The molecular weight excluding hydrogens is 294 g/mol. The highest BCUT2D eigenvalue weighted by Crippen LogP contribution is 2.15. The molecule has 3 heteroatoms. The van der Waals surface area contributed by atoms with Gasteiger partial charge in [0.2, 0.25) is 0 Å². The Kier molecular flexibility index (Phi) is 9.25. The lowest BCUT2D eigenvalue weighted by Gasteiger charge is -2.37. The minimum Gasteiger partial charge on any atom is -0.319 e. The Morgan fingerprint density at radius 1 is 0.500 bits per heavy atom. The third kappa shape index (κ3) is 9.39. The molecule has 1 aliphatic rings. The molecule has 0 radical (unpaired) electrons. The SMILES string of the molecule is CCCCCCCCCC[N+]1(C)CC[N+](C)(C)CC[N+](C)(C)CC1. The van der Waals surface area contributed by atoms with Crippen LogP contribution in [0.5, 0.6) is 0 Å². The van der Waals surface area contributed by atoms with Gasteiger partial charge in [0.15, 0.2) is 0 Å². The molecule has 24 heavy (non-hydrogen) atoms. The number of rotatable bonds is 9. The largest absolute Gasteiger partial charge is 0.319 e. The van der Waals surface area contributed by atoms with Gasteiger partial charge >= 0.3 is 0 Å². The van der Waals surface area contributed by atoms with Crippen LogP contribution in [-0.2, 0) is 0 Å². The maximum atomic E-state index is 2.52. The van der Waals surface area contributed by atoms with Crippen LogP contribution in [0, 0.1) is 0 Å². The van der Waals surface area contributed by atoms with Gasteiger partial charge in [0.25, 0.3) is 0 Å². The van der Waals surface area contributed by atoms with E-state index in [2.05, 4.69) is 42.2 Å². The molecule has 0 bridgehead atoms. The van der Waals surface area contributed by atoms with E-state index in [1.807, 2.05) is 0 Å². The lowest BCUT2D eigenvalue weighted by atomic mass is 10.1. The van der Waals surface area contributed by atoms with E-state index in [4.69, 9.17) is 0 Å². The zero-order chi connectivity index (χ0) is 18.1. The molecule has 0 aromatic heterocycles. The monoisotopic (exact) mass is 342 g/mol. The molecule has 1 rings (SSSR count). The summed E-state index contributed by atoms with van der Waals surface area (Å²) in [7, 11) is 12.2. The number of likely N-dealkylation sites (N-methyl/N-ethyl adjacent to an activating group) is 3. The van der Waals surface area contributed by atoms with Gasteiger partial charge in [-0.2, -0.15) is 0 Å². The van der Waals surface area contributed by atoms with Crippen molar-refractivity contribution in [3.05, 3.63) is 0 Å². The second-order valence-corrected chi connectivity index (χ2v) is 10.0. The zero-order valence-corrected chi connectivity index (χ0v) is 17.9. The molecule has 0 aromatic rings. The predicted octanol–water partition coefficient (Wildman–Crippen LogP) is 3.74. The zero-order valence-electron chi connectivity index (χ0n) is 17.9. The van der Waals surface area contributed by atoms with Crippen molar-refractivity contribution in [3.63, 3.8) is 0 Å². The molecule has 0 aliphatic carbocycles. The molecule has 0 spiro atoms. The molecule has 0 unspecified atom stereocenters. The molecule has 0 atom stereocenters. The molecule has 1 aliphatic heterocycles. The van der Waals surface area contributed by atoms with Crippen molar-refractivity contribution >= 4 is 0 Å². The first-order valence-electron chi connectivity index (χ1n) is 10.7. The number of hydrogen-bond acceptors (Lipinski definition) is 0. The highest BCUT2D eigenvalue weighted by Gasteiger charge is 2.33. The van der Waals surface area contributed by atoms with E-state index in [0.29, 0.717) is 0 Å². The molecule has 144 valence electrons. The van der Waals surface area contributed by atoms with Crippen LogP contribution in [0.15, 0.2) is 0 Å². The Morgan fingerprint density at radius 3 is 1.33 bits per heavy atom. The van der Waals surface area contributed by atoms with E-state index >= 15 is 0 Å². The molecule has 1 saturated heterocycles. The highest BCUT2D eigenvalue weighted by atomic mass is 15.4. The number of nitrogens with zero attached hydrogens (tertiary/aromatic N) is 3. The summed E-state index contributed by atoms with van der Waals surface area (Å²) >= 11 is 0. The first-order chi connectivity index (χ1) is 11.2. The van der Waals surface area contributed by atoms with Gasteiger partial charge in [-0.3, -0.25) is 0 Å². The van der Waals surface area contributed by atoms with Crippen molar-refractivity contribution in [1.29, 1.82) is 0 Å². The summed E-state index contributed by atoms with van der Waals surface area (Å²) in [4.78, 5) is 0. The molecule has 0 saturated carbocycles. The van der Waals surface area contributed by atoms with Crippen LogP contribution in [0.2, 0.25) is 0 Å². The van der Waals surface area contributed by atoms with E-state index in [0.717, 1.165) is 0 Å². The van der Waals surface area contributed by atoms with Gasteiger partial charge in [0.1, 0.15) is 39.3 Å². The standard InChI is InChI=1S/C21H48N3/c1-7-8-9-10-11-12-13-14-15-24(6)20-18-22(2,3)16-17-23(4,5)19-21-24/h7-21H2,1-6H3/q+3. The summed E-state index contributed by atoms with van der Waals surface area (Å²) < 4.78 is 3.67. The number of unbranched alkanes of at least 4 members (excludes halogenated alkanes) is 7. The first-order valence-corrected chi connectivity index (χ1v) is 10.7. The number of quaternary nitrogens is 3. The average Bonchev–Trinajstić information content (AvgIpc) is 2.56. The molecule has 0 N–H and O–H groups in total. The van der Waals surface area contributed by atoms with Gasteiger partial charge in [0, 0.05) is 0 Å². The predicted molar refractivity (Wildman–Crippen MR) is 107 cm³/mol. The molecule has 0 aromatic carbocycles. The van der Waals surface area contributed by atoms with Gasteiger partial charge in [-0.15, -0.1) is 0 Å². The molecule has 1 fully saturated rings. The summed E-state index contributed by atoms with van der Waals surface area (Å²) in [5, 5.41) is 0. The lowest BCUT2D eigenvalue weighted by Crippen LogP contribution is -2.54.